The van der Waals surface area contributed by atoms with Gasteiger partial charge in [-0.3, -0.25) is 4.98 Å². The Morgan fingerprint density at radius 3 is 2.71 bits per heavy atom. The van der Waals surface area contributed by atoms with Crippen LogP contribution in [0.1, 0.15) is 17.1 Å². The first-order valence-corrected chi connectivity index (χ1v) is 11.3. The molecule has 0 spiro atoms. The first-order valence-electron chi connectivity index (χ1n) is 11.3. The molecule has 0 bridgehead atoms. The molecule has 8 nitrogen and oxygen atoms in total. The highest BCUT2D eigenvalue weighted by Crippen LogP contribution is 2.31. The molecule has 5 aromatic rings. The van der Waals surface area contributed by atoms with Gasteiger partial charge in [-0.25, -0.2) is 19.9 Å². The van der Waals surface area contributed by atoms with Crippen LogP contribution >= 0.6 is 0 Å². The van der Waals surface area contributed by atoms with Crippen molar-refractivity contribution in [1.82, 2.24) is 29.9 Å². The van der Waals surface area contributed by atoms with Crippen LogP contribution in [0.15, 0.2) is 60.9 Å². The monoisotopic (exact) mass is 469 g/mol. The first-order chi connectivity index (χ1) is 17.1. The lowest BCUT2D eigenvalue weighted by Gasteiger charge is -2.07. The second-order valence-electron chi connectivity index (χ2n) is 8.07. The Bertz CT molecular complexity index is 1480. The summed E-state index contributed by atoms with van der Waals surface area (Å²) in [5.74, 6) is 0.690. The number of imidazole rings is 1. The normalized spacial score (nSPS) is 11.2. The van der Waals surface area contributed by atoms with E-state index in [0.717, 1.165) is 39.7 Å². The Morgan fingerprint density at radius 2 is 1.89 bits per heavy atom. The third kappa shape index (κ3) is 4.99. The van der Waals surface area contributed by atoms with Gasteiger partial charge in [0.15, 0.2) is 0 Å². The molecule has 5 rings (SSSR count). The van der Waals surface area contributed by atoms with Gasteiger partial charge in [0.25, 0.3) is 0 Å². The Labute approximate surface area is 201 Å². The van der Waals surface area contributed by atoms with Gasteiger partial charge in [0.1, 0.15) is 12.4 Å². The van der Waals surface area contributed by atoms with Gasteiger partial charge in [-0.15, -0.1) is 0 Å². The van der Waals surface area contributed by atoms with E-state index in [-0.39, 0.29) is 0 Å². The summed E-state index contributed by atoms with van der Waals surface area (Å²) in [6.45, 7) is 2.70. The van der Waals surface area contributed by atoms with Gasteiger partial charge in [0.2, 0.25) is 11.8 Å². The first kappa shape index (κ1) is 22.5. The van der Waals surface area contributed by atoms with E-state index in [4.69, 9.17) is 15.5 Å². The van der Waals surface area contributed by atoms with E-state index in [9.17, 15) is 4.39 Å². The minimum absolute atomic E-state index is 0.364. The number of fused-ring (bicyclic) bond motifs is 1. The van der Waals surface area contributed by atoms with Crippen molar-refractivity contribution in [3.8, 4) is 28.5 Å². The Balaban J connectivity index is 1.54. The molecule has 0 saturated carbocycles. The number of ether oxygens (including phenoxy) is 1. The van der Waals surface area contributed by atoms with Crippen LogP contribution in [0.5, 0.6) is 5.88 Å². The van der Waals surface area contributed by atoms with Gasteiger partial charge in [0.05, 0.1) is 34.3 Å². The van der Waals surface area contributed by atoms with Gasteiger partial charge < -0.3 is 15.5 Å². The lowest BCUT2D eigenvalue weighted by atomic mass is 10.1. The molecule has 0 amide bonds. The molecule has 1 aromatic carbocycles. The Morgan fingerprint density at radius 1 is 0.971 bits per heavy atom. The lowest BCUT2D eigenvalue weighted by molar-refractivity contribution is 0.315. The molecule has 4 heterocycles. The van der Waals surface area contributed by atoms with Gasteiger partial charge in [0, 0.05) is 36.0 Å². The predicted octanol–water partition coefficient (Wildman–Crippen LogP) is 4.05. The molecule has 0 fully saturated rings. The molecule has 0 aliphatic rings. The van der Waals surface area contributed by atoms with Gasteiger partial charge in [-0.1, -0.05) is 18.2 Å². The quantitative estimate of drug-likeness (QED) is 0.329. The number of benzene rings is 1. The van der Waals surface area contributed by atoms with E-state index in [1.54, 1.807) is 18.3 Å². The fourth-order valence-corrected chi connectivity index (χ4v) is 3.85. The van der Waals surface area contributed by atoms with E-state index in [1.165, 1.54) is 6.20 Å². The molecule has 35 heavy (non-hydrogen) atoms. The zero-order valence-corrected chi connectivity index (χ0v) is 19.2. The summed E-state index contributed by atoms with van der Waals surface area (Å²) in [6.07, 6.45) is 4.02. The minimum Gasteiger partial charge on any atom is -0.475 e. The second-order valence-corrected chi connectivity index (χ2v) is 8.07. The number of H-pyrrole nitrogens is 1. The largest absolute Gasteiger partial charge is 0.475 e. The zero-order valence-electron chi connectivity index (χ0n) is 19.2. The van der Waals surface area contributed by atoms with E-state index in [0.29, 0.717) is 43.0 Å². The summed E-state index contributed by atoms with van der Waals surface area (Å²) in [4.78, 5) is 25.7. The third-order valence-electron chi connectivity index (χ3n) is 5.53. The number of halogens is 1. The number of nitrogens with one attached hydrogen (secondary N) is 1. The molecule has 176 valence electrons. The number of hydrogen-bond donors (Lipinski definition) is 2. The second kappa shape index (κ2) is 9.94. The fraction of sp³-hybridized carbons (Fsp3) is 0.192. The highest BCUT2D eigenvalue weighted by Gasteiger charge is 2.17. The lowest BCUT2D eigenvalue weighted by Crippen LogP contribution is -2.11. The van der Waals surface area contributed by atoms with Crippen molar-refractivity contribution < 1.29 is 9.13 Å². The van der Waals surface area contributed by atoms with Crippen molar-refractivity contribution in [3.05, 3.63) is 84.0 Å². The van der Waals surface area contributed by atoms with Crippen LogP contribution in [0.4, 0.5) is 4.39 Å². The maximum atomic E-state index is 14.0. The van der Waals surface area contributed by atoms with Crippen molar-refractivity contribution in [2.75, 3.05) is 13.2 Å². The van der Waals surface area contributed by atoms with Crippen LogP contribution in [0.25, 0.3) is 33.7 Å². The van der Waals surface area contributed by atoms with Crippen LogP contribution in [0.3, 0.4) is 0 Å². The summed E-state index contributed by atoms with van der Waals surface area (Å²) >= 11 is 0. The van der Waals surface area contributed by atoms with Crippen molar-refractivity contribution in [3.63, 3.8) is 0 Å². The van der Waals surface area contributed by atoms with E-state index in [2.05, 4.69) is 24.9 Å². The number of rotatable bonds is 8. The summed E-state index contributed by atoms with van der Waals surface area (Å²) < 4.78 is 19.6. The number of aromatic nitrogens is 6. The highest BCUT2D eigenvalue weighted by molar-refractivity contribution is 5.85. The molecule has 0 aliphatic heterocycles. The number of aromatic amines is 1. The van der Waals surface area contributed by atoms with Crippen LogP contribution in [-0.4, -0.2) is 43.1 Å². The number of nitrogens with zero attached hydrogens (tertiary/aromatic N) is 5. The number of nitrogens with two attached hydrogens (primary N) is 1. The van der Waals surface area contributed by atoms with Gasteiger partial charge in [-0.05, 0) is 43.7 Å². The summed E-state index contributed by atoms with van der Waals surface area (Å²) in [5.41, 5.74) is 11.6. The minimum atomic E-state index is -0.458. The van der Waals surface area contributed by atoms with Crippen LogP contribution in [0.2, 0.25) is 0 Å². The van der Waals surface area contributed by atoms with Crippen LogP contribution in [-0.2, 0) is 12.8 Å². The summed E-state index contributed by atoms with van der Waals surface area (Å²) in [6, 6.07) is 15.1. The molecule has 0 saturated heterocycles. The predicted molar refractivity (Wildman–Crippen MR) is 131 cm³/mol. The summed E-state index contributed by atoms with van der Waals surface area (Å²) in [7, 11) is 0. The SMILES string of the molecule is Cc1cccc(-c2[nH]c(CCc3cccnc3F)nc2-c2ccc3ncc(OCCN)nc3c2)n1. The average molecular weight is 470 g/mol. The third-order valence-corrected chi connectivity index (χ3v) is 5.53. The van der Waals surface area contributed by atoms with Crippen molar-refractivity contribution in [2.24, 2.45) is 5.73 Å². The average Bonchev–Trinajstić information content (AvgIpc) is 3.31. The van der Waals surface area contributed by atoms with Crippen LogP contribution in [0, 0.1) is 12.9 Å². The number of hydrogen-bond acceptors (Lipinski definition) is 7. The zero-order chi connectivity index (χ0) is 24.2. The number of pyridine rings is 2. The molecule has 0 atom stereocenters. The standard InChI is InChI=1S/C26H24FN7O/c1-16-4-2-6-20(31-16)25-24(33-22(34-25)10-8-17-5-3-12-29-26(17)27)18-7-9-19-21(14-18)32-23(15-30-19)35-13-11-28/h2-7,9,12,14-15H,8,10-11,13,28H2,1H3,(H,33,34). The van der Waals surface area contributed by atoms with E-state index >= 15 is 0 Å². The highest BCUT2D eigenvalue weighted by atomic mass is 19.1. The molecule has 0 radical (unpaired) electrons. The maximum absolute atomic E-state index is 14.0. The smallest absolute Gasteiger partial charge is 0.232 e. The Kier molecular flexibility index (Phi) is 6.40. The van der Waals surface area contributed by atoms with E-state index < -0.39 is 5.95 Å². The fourth-order valence-electron chi connectivity index (χ4n) is 3.85. The van der Waals surface area contributed by atoms with Crippen molar-refractivity contribution in [1.29, 1.82) is 0 Å². The van der Waals surface area contributed by atoms with Gasteiger partial charge >= 0.3 is 0 Å². The van der Waals surface area contributed by atoms with Crippen molar-refractivity contribution in [2.45, 2.75) is 19.8 Å². The summed E-state index contributed by atoms with van der Waals surface area (Å²) in [5, 5.41) is 0. The molecular formula is C26H24FN7O. The molecule has 0 aliphatic carbocycles. The molecular weight excluding hydrogens is 445 g/mol. The van der Waals surface area contributed by atoms with Gasteiger partial charge in [-0.2, -0.15) is 4.39 Å². The van der Waals surface area contributed by atoms with E-state index in [1.807, 2.05) is 43.3 Å². The topological polar surface area (TPSA) is 115 Å². The molecule has 9 heteroatoms. The maximum Gasteiger partial charge on any atom is 0.232 e. The van der Waals surface area contributed by atoms with Crippen LogP contribution < -0.4 is 10.5 Å². The molecule has 3 N–H and O–H groups in total. The van der Waals surface area contributed by atoms with Crippen molar-refractivity contribution >= 4 is 11.0 Å². The molecule has 4 aromatic heterocycles. The number of aryl methyl sites for hydroxylation is 3. The Hall–Kier alpha value is -4.24. The molecule has 0 unspecified atom stereocenters.